The molecule has 0 bridgehead atoms. The van der Waals surface area contributed by atoms with Gasteiger partial charge in [0.25, 0.3) is 0 Å². The van der Waals surface area contributed by atoms with Crippen LogP contribution in [0.5, 0.6) is 0 Å². The Morgan fingerprint density at radius 1 is 1.24 bits per heavy atom. The Morgan fingerprint density at radius 2 is 2.00 bits per heavy atom. The van der Waals surface area contributed by atoms with Crippen molar-refractivity contribution in [3.63, 3.8) is 0 Å². The van der Waals surface area contributed by atoms with Gasteiger partial charge in [-0.1, -0.05) is 33.1 Å². The first-order valence-electron chi connectivity index (χ1n) is 10.1. The molecular formula is C19H35N3O2S. The van der Waals surface area contributed by atoms with Crippen molar-refractivity contribution in [2.45, 2.75) is 58.8 Å². The molecule has 2 heterocycles. The lowest BCUT2D eigenvalue weighted by atomic mass is 9.73. The zero-order valence-electron chi connectivity index (χ0n) is 16.0. The van der Waals surface area contributed by atoms with Crippen molar-refractivity contribution in [3.05, 3.63) is 0 Å². The number of hydrogen-bond donors (Lipinski definition) is 1. The molecular weight excluding hydrogens is 334 g/mol. The van der Waals surface area contributed by atoms with Crippen LogP contribution in [0.15, 0.2) is 4.99 Å². The number of likely N-dealkylation sites (tertiary alicyclic amines) is 1. The minimum absolute atomic E-state index is 0.237. The Bertz CT molecular complexity index is 579. The molecule has 0 aromatic rings. The molecule has 6 heteroatoms. The van der Waals surface area contributed by atoms with E-state index in [4.69, 9.17) is 4.99 Å². The van der Waals surface area contributed by atoms with Gasteiger partial charge in [-0.15, -0.1) is 0 Å². The van der Waals surface area contributed by atoms with E-state index < -0.39 is 9.84 Å². The van der Waals surface area contributed by atoms with Crippen LogP contribution in [0.3, 0.4) is 0 Å². The van der Waals surface area contributed by atoms with Gasteiger partial charge in [0.2, 0.25) is 0 Å². The van der Waals surface area contributed by atoms with Gasteiger partial charge in [-0.2, -0.15) is 0 Å². The van der Waals surface area contributed by atoms with E-state index in [9.17, 15) is 8.42 Å². The molecule has 1 N–H and O–H groups in total. The van der Waals surface area contributed by atoms with E-state index >= 15 is 0 Å². The lowest BCUT2D eigenvalue weighted by molar-refractivity contribution is 0.203. The second-order valence-electron chi connectivity index (χ2n) is 8.94. The molecule has 0 aromatic carbocycles. The molecule has 3 aliphatic rings. The van der Waals surface area contributed by atoms with E-state index in [1.54, 1.807) is 0 Å². The first-order chi connectivity index (χ1) is 11.9. The summed E-state index contributed by atoms with van der Waals surface area (Å²) in [6.07, 6.45) is 8.94. The van der Waals surface area contributed by atoms with Crippen molar-refractivity contribution in [1.82, 2.24) is 10.2 Å². The Balaban J connectivity index is 1.60. The van der Waals surface area contributed by atoms with Crippen LogP contribution in [0.4, 0.5) is 0 Å². The zero-order valence-corrected chi connectivity index (χ0v) is 16.8. The molecule has 1 aliphatic carbocycles. The number of sulfone groups is 1. The number of guanidine groups is 1. The Morgan fingerprint density at radius 3 is 2.64 bits per heavy atom. The van der Waals surface area contributed by atoms with Gasteiger partial charge in [0, 0.05) is 26.2 Å². The average Bonchev–Trinajstić information content (AvgIpc) is 3.11. The van der Waals surface area contributed by atoms with Gasteiger partial charge in [0.15, 0.2) is 15.8 Å². The number of nitrogens with zero attached hydrogens (tertiary/aromatic N) is 2. The molecule has 144 valence electrons. The number of hydrogen-bond acceptors (Lipinski definition) is 3. The second kappa shape index (κ2) is 7.85. The van der Waals surface area contributed by atoms with Crippen molar-refractivity contribution in [2.75, 3.05) is 37.7 Å². The van der Waals surface area contributed by atoms with Crippen LogP contribution in [-0.2, 0) is 9.84 Å². The molecule has 2 saturated heterocycles. The van der Waals surface area contributed by atoms with Crippen molar-refractivity contribution < 1.29 is 8.42 Å². The highest BCUT2D eigenvalue weighted by Crippen LogP contribution is 2.43. The fraction of sp³-hybridized carbons (Fsp3) is 0.947. The van der Waals surface area contributed by atoms with Gasteiger partial charge < -0.3 is 10.2 Å². The summed E-state index contributed by atoms with van der Waals surface area (Å²) in [5.41, 5.74) is 0.509. The summed E-state index contributed by atoms with van der Waals surface area (Å²) in [6, 6.07) is 0. The van der Waals surface area contributed by atoms with E-state index in [1.807, 2.05) is 0 Å². The fourth-order valence-corrected chi connectivity index (χ4v) is 6.49. The molecule has 2 aliphatic heterocycles. The summed E-state index contributed by atoms with van der Waals surface area (Å²) >= 11 is 0. The van der Waals surface area contributed by atoms with Crippen LogP contribution in [0, 0.1) is 17.3 Å². The Kier molecular flexibility index (Phi) is 5.96. The smallest absolute Gasteiger partial charge is 0.193 e. The predicted molar refractivity (Wildman–Crippen MR) is 104 cm³/mol. The van der Waals surface area contributed by atoms with Gasteiger partial charge in [0.05, 0.1) is 11.5 Å². The van der Waals surface area contributed by atoms with Crippen molar-refractivity contribution >= 4 is 15.8 Å². The summed E-state index contributed by atoms with van der Waals surface area (Å²) in [4.78, 5) is 7.30. The van der Waals surface area contributed by atoms with E-state index in [2.05, 4.69) is 24.1 Å². The summed E-state index contributed by atoms with van der Waals surface area (Å²) < 4.78 is 23.4. The molecule has 0 radical (unpaired) electrons. The molecule has 1 saturated carbocycles. The summed E-state index contributed by atoms with van der Waals surface area (Å²) in [5.74, 6) is 2.47. The van der Waals surface area contributed by atoms with Gasteiger partial charge in [-0.05, 0) is 42.9 Å². The molecule has 1 unspecified atom stereocenters. The monoisotopic (exact) mass is 369 g/mol. The predicted octanol–water partition coefficient (Wildman–Crippen LogP) is 2.68. The molecule has 5 nitrogen and oxygen atoms in total. The molecule has 3 rings (SSSR count). The summed E-state index contributed by atoms with van der Waals surface area (Å²) in [7, 11) is -2.80. The lowest BCUT2D eigenvalue weighted by Gasteiger charge is -2.34. The minimum Gasteiger partial charge on any atom is -0.356 e. The lowest BCUT2D eigenvalue weighted by Crippen LogP contribution is -2.43. The van der Waals surface area contributed by atoms with Crippen molar-refractivity contribution in [3.8, 4) is 0 Å². The molecule has 1 spiro atoms. The van der Waals surface area contributed by atoms with Crippen LogP contribution >= 0.6 is 0 Å². The van der Waals surface area contributed by atoms with Crippen LogP contribution in [0.2, 0.25) is 0 Å². The van der Waals surface area contributed by atoms with E-state index in [0.29, 0.717) is 22.8 Å². The Labute approximate surface area is 153 Å². The molecule has 1 atom stereocenters. The van der Waals surface area contributed by atoms with Gasteiger partial charge in [-0.25, -0.2) is 8.42 Å². The average molecular weight is 370 g/mol. The van der Waals surface area contributed by atoms with E-state index in [-0.39, 0.29) is 5.92 Å². The molecule has 25 heavy (non-hydrogen) atoms. The molecule has 0 aromatic heterocycles. The maximum Gasteiger partial charge on any atom is 0.193 e. The third kappa shape index (κ3) is 5.11. The second-order valence-corrected chi connectivity index (χ2v) is 11.2. The number of aliphatic imine (C=N–C) groups is 1. The summed E-state index contributed by atoms with van der Waals surface area (Å²) in [5, 5.41) is 3.53. The van der Waals surface area contributed by atoms with Crippen molar-refractivity contribution in [1.29, 1.82) is 0 Å². The zero-order chi connectivity index (χ0) is 17.9. The SMILES string of the molecule is CC(C)CN=C(NCC1CCS(=O)(=O)C1)N1CCC2(CCCCC2)C1. The van der Waals surface area contributed by atoms with E-state index in [1.165, 1.54) is 38.5 Å². The highest BCUT2D eigenvalue weighted by molar-refractivity contribution is 7.91. The van der Waals surface area contributed by atoms with Gasteiger partial charge in [0.1, 0.15) is 0 Å². The normalized spacial score (nSPS) is 28.8. The third-order valence-corrected chi connectivity index (χ3v) is 7.97. The first-order valence-corrected chi connectivity index (χ1v) is 11.9. The van der Waals surface area contributed by atoms with E-state index in [0.717, 1.165) is 38.6 Å². The minimum atomic E-state index is -2.80. The fourth-order valence-electron chi connectivity index (χ4n) is 4.63. The number of rotatable bonds is 4. The van der Waals surface area contributed by atoms with Gasteiger partial charge in [-0.3, -0.25) is 4.99 Å². The number of nitrogens with one attached hydrogen (secondary N) is 1. The van der Waals surface area contributed by atoms with Gasteiger partial charge >= 0.3 is 0 Å². The largest absolute Gasteiger partial charge is 0.356 e. The maximum absolute atomic E-state index is 11.7. The molecule has 0 amide bonds. The summed E-state index contributed by atoms with van der Waals surface area (Å²) in [6.45, 7) is 8.16. The highest BCUT2D eigenvalue weighted by Gasteiger charge is 2.40. The highest BCUT2D eigenvalue weighted by atomic mass is 32.2. The van der Waals surface area contributed by atoms with Crippen LogP contribution in [-0.4, -0.2) is 57.0 Å². The molecule has 3 fully saturated rings. The Hall–Kier alpha value is -0.780. The van der Waals surface area contributed by atoms with Crippen molar-refractivity contribution in [2.24, 2.45) is 22.2 Å². The maximum atomic E-state index is 11.7. The topological polar surface area (TPSA) is 61.8 Å². The first kappa shape index (κ1) is 19.0. The van der Waals surface area contributed by atoms with Crippen LogP contribution < -0.4 is 5.32 Å². The van der Waals surface area contributed by atoms with Crippen LogP contribution in [0.25, 0.3) is 0 Å². The quantitative estimate of drug-likeness (QED) is 0.611. The standard InChI is InChI=1S/C19H35N3O2S/c1-16(2)12-20-18(21-13-17-6-11-25(23,24)14-17)22-10-9-19(15-22)7-4-3-5-8-19/h16-17H,3-15H2,1-2H3,(H,20,21). The van der Waals surface area contributed by atoms with Crippen LogP contribution in [0.1, 0.15) is 58.8 Å². The third-order valence-electron chi connectivity index (χ3n) is 6.13.